The standard InChI is InChI=1S/C12H11FO2/c1-8(4-6-14)11-10(13)3-2-9-5-7-15-12(9)11/h2-3,5-8H,4H2,1H3. The third-order valence-corrected chi connectivity index (χ3v) is 2.55. The van der Waals surface area contributed by atoms with E-state index in [9.17, 15) is 9.18 Å². The normalized spacial score (nSPS) is 12.9. The van der Waals surface area contributed by atoms with Crippen LogP contribution in [-0.4, -0.2) is 6.29 Å². The van der Waals surface area contributed by atoms with Gasteiger partial charge in [-0.3, -0.25) is 0 Å². The fourth-order valence-electron chi connectivity index (χ4n) is 1.75. The summed E-state index contributed by atoms with van der Waals surface area (Å²) in [6.45, 7) is 1.81. The van der Waals surface area contributed by atoms with E-state index in [1.165, 1.54) is 12.3 Å². The summed E-state index contributed by atoms with van der Waals surface area (Å²) in [5.41, 5.74) is 1.04. The average molecular weight is 206 g/mol. The number of aldehydes is 1. The monoisotopic (exact) mass is 206 g/mol. The highest BCUT2D eigenvalue weighted by Crippen LogP contribution is 2.30. The van der Waals surface area contributed by atoms with Gasteiger partial charge in [-0.15, -0.1) is 0 Å². The molecule has 0 aliphatic heterocycles. The van der Waals surface area contributed by atoms with Crippen molar-refractivity contribution in [2.45, 2.75) is 19.3 Å². The zero-order chi connectivity index (χ0) is 10.8. The summed E-state index contributed by atoms with van der Waals surface area (Å²) >= 11 is 0. The third-order valence-electron chi connectivity index (χ3n) is 2.55. The molecule has 1 aromatic heterocycles. The lowest BCUT2D eigenvalue weighted by Gasteiger charge is -2.09. The molecule has 0 amide bonds. The van der Waals surface area contributed by atoms with Crippen LogP contribution >= 0.6 is 0 Å². The molecule has 0 N–H and O–H groups in total. The fraction of sp³-hybridized carbons (Fsp3) is 0.250. The Morgan fingerprint density at radius 3 is 3.00 bits per heavy atom. The number of fused-ring (bicyclic) bond motifs is 1. The number of carbonyl (C=O) groups is 1. The van der Waals surface area contributed by atoms with E-state index in [4.69, 9.17) is 4.42 Å². The minimum atomic E-state index is -0.313. The van der Waals surface area contributed by atoms with Crippen molar-refractivity contribution >= 4 is 17.3 Å². The minimum Gasteiger partial charge on any atom is -0.464 e. The molecule has 0 bridgehead atoms. The van der Waals surface area contributed by atoms with Crippen LogP contribution in [0.5, 0.6) is 0 Å². The summed E-state index contributed by atoms with van der Waals surface area (Å²) in [4.78, 5) is 10.4. The van der Waals surface area contributed by atoms with Crippen LogP contribution in [0.2, 0.25) is 0 Å². The summed E-state index contributed by atoms with van der Waals surface area (Å²) in [5.74, 6) is -0.468. The molecule has 0 saturated carbocycles. The summed E-state index contributed by atoms with van der Waals surface area (Å²) < 4.78 is 18.8. The SMILES string of the molecule is CC(CC=O)c1c(F)ccc2ccoc12. The highest BCUT2D eigenvalue weighted by atomic mass is 19.1. The topological polar surface area (TPSA) is 30.2 Å². The number of hydrogen-bond donors (Lipinski definition) is 0. The second-order valence-corrected chi connectivity index (χ2v) is 3.60. The largest absolute Gasteiger partial charge is 0.464 e. The molecule has 1 atom stereocenters. The van der Waals surface area contributed by atoms with Gasteiger partial charge in [0.15, 0.2) is 0 Å². The Hall–Kier alpha value is -1.64. The van der Waals surface area contributed by atoms with E-state index in [1.54, 1.807) is 12.1 Å². The van der Waals surface area contributed by atoms with Gasteiger partial charge in [-0.25, -0.2) is 4.39 Å². The zero-order valence-electron chi connectivity index (χ0n) is 8.37. The number of halogens is 1. The smallest absolute Gasteiger partial charge is 0.140 e. The van der Waals surface area contributed by atoms with Crippen LogP contribution in [0.4, 0.5) is 4.39 Å². The summed E-state index contributed by atoms with van der Waals surface area (Å²) in [5, 5.41) is 0.865. The first-order valence-electron chi connectivity index (χ1n) is 4.83. The Bertz CT molecular complexity index is 487. The van der Waals surface area contributed by atoms with Gasteiger partial charge in [0.25, 0.3) is 0 Å². The number of furan rings is 1. The second-order valence-electron chi connectivity index (χ2n) is 3.60. The molecule has 2 nitrogen and oxygen atoms in total. The molecule has 0 saturated heterocycles. The molecule has 1 unspecified atom stereocenters. The lowest BCUT2D eigenvalue weighted by atomic mass is 9.96. The molecule has 2 rings (SSSR count). The second kappa shape index (κ2) is 3.85. The van der Waals surface area contributed by atoms with Gasteiger partial charge in [0.05, 0.1) is 6.26 Å². The Morgan fingerprint density at radius 2 is 2.27 bits per heavy atom. The molecule has 3 heteroatoms. The predicted octanol–water partition coefficient (Wildman–Crippen LogP) is 3.26. The van der Waals surface area contributed by atoms with Gasteiger partial charge in [0, 0.05) is 17.4 Å². The van der Waals surface area contributed by atoms with Gasteiger partial charge in [-0.05, 0) is 24.1 Å². The van der Waals surface area contributed by atoms with E-state index >= 15 is 0 Å². The van der Waals surface area contributed by atoms with Gasteiger partial charge >= 0.3 is 0 Å². The molecule has 0 fully saturated rings. The van der Waals surface area contributed by atoms with Crippen molar-refractivity contribution in [3.05, 3.63) is 35.8 Å². The first-order valence-corrected chi connectivity index (χ1v) is 4.83. The van der Waals surface area contributed by atoms with Crippen molar-refractivity contribution in [3.8, 4) is 0 Å². The zero-order valence-corrected chi connectivity index (χ0v) is 8.37. The van der Waals surface area contributed by atoms with Crippen molar-refractivity contribution in [1.29, 1.82) is 0 Å². The average Bonchev–Trinajstić information content (AvgIpc) is 2.65. The van der Waals surface area contributed by atoms with Crippen LogP contribution in [0.3, 0.4) is 0 Å². The van der Waals surface area contributed by atoms with E-state index in [0.29, 0.717) is 17.6 Å². The Kier molecular flexibility index (Phi) is 2.54. The maximum absolute atomic E-state index is 13.6. The van der Waals surface area contributed by atoms with Gasteiger partial charge in [-0.2, -0.15) is 0 Å². The van der Waals surface area contributed by atoms with E-state index in [0.717, 1.165) is 11.7 Å². The Balaban J connectivity index is 2.60. The molecule has 2 aromatic rings. The molecule has 0 radical (unpaired) electrons. The van der Waals surface area contributed by atoms with E-state index in [1.807, 2.05) is 6.92 Å². The van der Waals surface area contributed by atoms with Crippen LogP contribution in [0.15, 0.2) is 28.9 Å². The lowest BCUT2D eigenvalue weighted by Crippen LogP contribution is -1.98. The molecular weight excluding hydrogens is 195 g/mol. The molecule has 78 valence electrons. The third kappa shape index (κ3) is 1.65. The predicted molar refractivity (Wildman–Crippen MR) is 55.3 cm³/mol. The molecule has 0 aliphatic carbocycles. The first kappa shape index (κ1) is 9.90. The van der Waals surface area contributed by atoms with Crippen LogP contribution in [-0.2, 0) is 4.79 Å². The molecular formula is C12H11FO2. The Morgan fingerprint density at radius 1 is 1.47 bits per heavy atom. The molecule has 1 heterocycles. The van der Waals surface area contributed by atoms with Crippen molar-refractivity contribution in [1.82, 2.24) is 0 Å². The molecule has 1 aromatic carbocycles. The highest BCUT2D eigenvalue weighted by molar-refractivity contribution is 5.81. The van der Waals surface area contributed by atoms with Crippen molar-refractivity contribution < 1.29 is 13.6 Å². The number of rotatable bonds is 3. The Labute approximate surface area is 86.7 Å². The quantitative estimate of drug-likeness (QED) is 0.721. The fourth-order valence-corrected chi connectivity index (χ4v) is 1.75. The van der Waals surface area contributed by atoms with E-state index < -0.39 is 0 Å². The van der Waals surface area contributed by atoms with E-state index in [2.05, 4.69) is 0 Å². The minimum absolute atomic E-state index is 0.155. The maximum Gasteiger partial charge on any atom is 0.140 e. The number of hydrogen-bond acceptors (Lipinski definition) is 2. The van der Waals surface area contributed by atoms with Crippen LogP contribution in [0.1, 0.15) is 24.8 Å². The maximum atomic E-state index is 13.6. The molecule has 0 spiro atoms. The van der Waals surface area contributed by atoms with Gasteiger partial charge in [0.2, 0.25) is 0 Å². The van der Waals surface area contributed by atoms with Crippen molar-refractivity contribution in [2.75, 3.05) is 0 Å². The van der Waals surface area contributed by atoms with Crippen molar-refractivity contribution in [2.24, 2.45) is 0 Å². The van der Waals surface area contributed by atoms with Gasteiger partial charge < -0.3 is 9.21 Å². The molecule has 0 aliphatic rings. The first-order chi connectivity index (χ1) is 7.24. The van der Waals surface area contributed by atoms with Gasteiger partial charge in [-0.1, -0.05) is 6.92 Å². The number of carbonyl (C=O) groups excluding carboxylic acids is 1. The summed E-state index contributed by atoms with van der Waals surface area (Å²) in [7, 11) is 0. The number of benzene rings is 1. The lowest BCUT2D eigenvalue weighted by molar-refractivity contribution is -0.108. The highest BCUT2D eigenvalue weighted by Gasteiger charge is 2.16. The van der Waals surface area contributed by atoms with Gasteiger partial charge in [0.1, 0.15) is 17.7 Å². The summed E-state index contributed by atoms with van der Waals surface area (Å²) in [6.07, 6.45) is 2.63. The van der Waals surface area contributed by atoms with Crippen LogP contribution in [0, 0.1) is 5.82 Å². The summed E-state index contributed by atoms with van der Waals surface area (Å²) in [6, 6.07) is 4.87. The molecule has 15 heavy (non-hydrogen) atoms. The van der Waals surface area contributed by atoms with Crippen LogP contribution < -0.4 is 0 Å². The van der Waals surface area contributed by atoms with E-state index in [-0.39, 0.29) is 11.7 Å². The van der Waals surface area contributed by atoms with Crippen LogP contribution in [0.25, 0.3) is 11.0 Å². The van der Waals surface area contributed by atoms with Crippen molar-refractivity contribution in [3.63, 3.8) is 0 Å².